The molecule has 3 nitrogen and oxygen atoms in total. The van der Waals surface area contributed by atoms with Crippen LogP contribution in [0.15, 0.2) is 0 Å². The Hall–Kier alpha value is -0.530. The third-order valence-corrected chi connectivity index (χ3v) is 5.54. The van der Waals surface area contributed by atoms with E-state index in [0.29, 0.717) is 24.8 Å². The van der Waals surface area contributed by atoms with Crippen LogP contribution in [0, 0.1) is 18.3 Å². The summed E-state index contributed by atoms with van der Waals surface area (Å²) in [6, 6.07) is 0. The number of sulfone groups is 1. The van der Waals surface area contributed by atoms with Crippen LogP contribution in [0.2, 0.25) is 0 Å². The van der Waals surface area contributed by atoms with Crippen molar-refractivity contribution in [3.8, 4) is 12.3 Å². The molecule has 1 rings (SSSR count). The van der Waals surface area contributed by atoms with Crippen LogP contribution in [0.25, 0.3) is 0 Å². The normalized spacial score (nSPS) is 19.5. The average molecular weight is 243 g/mol. The summed E-state index contributed by atoms with van der Waals surface area (Å²) in [5.74, 6) is 3.18. The van der Waals surface area contributed by atoms with Gasteiger partial charge in [0, 0.05) is 6.54 Å². The summed E-state index contributed by atoms with van der Waals surface area (Å²) in [5.41, 5.74) is 0. The van der Waals surface area contributed by atoms with Gasteiger partial charge in [0.2, 0.25) is 0 Å². The maximum Gasteiger partial charge on any atom is 0.154 e. The quantitative estimate of drug-likeness (QED) is 0.563. The van der Waals surface area contributed by atoms with E-state index >= 15 is 0 Å². The van der Waals surface area contributed by atoms with Crippen molar-refractivity contribution in [3.63, 3.8) is 0 Å². The Morgan fingerprint density at radius 1 is 1.44 bits per heavy atom. The van der Waals surface area contributed by atoms with Gasteiger partial charge in [0.25, 0.3) is 0 Å². The molecule has 4 heteroatoms. The highest BCUT2D eigenvalue weighted by Gasteiger charge is 2.26. The standard InChI is InChI=1S/C12H21NO2S/c1-3-8-13-9-11(2)16(14,15)10-12-6-4-5-7-12/h1,11-13H,4-10H2,2H3. The molecule has 1 atom stereocenters. The lowest BCUT2D eigenvalue weighted by molar-refractivity contribution is 0.545. The predicted molar refractivity (Wildman–Crippen MR) is 66.9 cm³/mol. The number of hydrogen-bond acceptors (Lipinski definition) is 3. The van der Waals surface area contributed by atoms with Gasteiger partial charge in [-0.15, -0.1) is 6.42 Å². The molecule has 0 radical (unpaired) electrons. The van der Waals surface area contributed by atoms with Crippen molar-refractivity contribution in [3.05, 3.63) is 0 Å². The third-order valence-electron chi connectivity index (χ3n) is 3.21. The van der Waals surface area contributed by atoms with Gasteiger partial charge in [0.05, 0.1) is 17.5 Å². The highest BCUT2D eigenvalue weighted by atomic mass is 32.2. The van der Waals surface area contributed by atoms with Gasteiger partial charge in [0.15, 0.2) is 9.84 Å². The summed E-state index contributed by atoms with van der Waals surface area (Å²) in [6.07, 6.45) is 9.61. The van der Waals surface area contributed by atoms with Crippen LogP contribution in [0.1, 0.15) is 32.6 Å². The van der Waals surface area contributed by atoms with Crippen molar-refractivity contribution >= 4 is 9.84 Å². The Labute approximate surface area is 98.9 Å². The fourth-order valence-electron chi connectivity index (χ4n) is 2.14. The number of rotatable bonds is 6. The molecular formula is C12H21NO2S. The lowest BCUT2D eigenvalue weighted by atomic mass is 10.1. The Bertz CT molecular complexity index is 337. The molecular weight excluding hydrogens is 222 g/mol. The van der Waals surface area contributed by atoms with E-state index in [0.717, 1.165) is 12.8 Å². The number of nitrogens with one attached hydrogen (secondary N) is 1. The van der Waals surface area contributed by atoms with E-state index in [9.17, 15) is 8.42 Å². The van der Waals surface area contributed by atoms with Crippen molar-refractivity contribution < 1.29 is 8.42 Å². The molecule has 1 saturated carbocycles. The second kappa shape index (κ2) is 6.27. The Balaban J connectivity index is 2.39. The van der Waals surface area contributed by atoms with Gasteiger partial charge >= 0.3 is 0 Å². The van der Waals surface area contributed by atoms with E-state index < -0.39 is 9.84 Å². The Morgan fingerprint density at radius 3 is 2.62 bits per heavy atom. The molecule has 92 valence electrons. The van der Waals surface area contributed by atoms with Gasteiger partial charge in [-0.2, -0.15) is 0 Å². The molecule has 1 unspecified atom stereocenters. The summed E-state index contributed by atoms with van der Waals surface area (Å²) in [4.78, 5) is 0. The van der Waals surface area contributed by atoms with Gasteiger partial charge in [-0.05, 0) is 25.7 Å². The first kappa shape index (κ1) is 13.5. The lowest BCUT2D eigenvalue weighted by Crippen LogP contribution is -2.34. The minimum Gasteiger partial charge on any atom is -0.305 e. The zero-order valence-electron chi connectivity index (χ0n) is 9.91. The molecule has 16 heavy (non-hydrogen) atoms. The lowest BCUT2D eigenvalue weighted by Gasteiger charge is -2.16. The molecule has 0 aromatic heterocycles. The van der Waals surface area contributed by atoms with Crippen molar-refractivity contribution in [1.29, 1.82) is 0 Å². The van der Waals surface area contributed by atoms with Crippen LogP contribution in [-0.2, 0) is 9.84 Å². The zero-order chi connectivity index (χ0) is 12.0. The van der Waals surface area contributed by atoms with Gasteiger partial charge in [-0.25, -0.2) is 8.42 Å². The first-order chi connectivity index (χ1) is 7.56. The summed E-state index contributed by atoms with van der Waals surface area (Å²) >= 11 is 0. The molecule has 0 bridgehead atoms. The fourth-order valence-corrected chi connectivity index (χ4v) is 3.84. The highest BCUT2D eigenvalue weighted by Crippen LogP contribution is 2.26. The maximum absolute atomic E-state index is 12.0. The van der Waals surface area contributed by atoms with Crippen molar-refractivity contribution in [2.75, 3.05) is 18.8 Å². The van der Waals surface area contributed by atoms with Crippen LogP contribution < -0.4 is 5.32 Å². The van der Waals surface area contributed by atoms with E-state index in [1.165, 1.54) is 12.8 Å². The van der Waals surface area contributed by atoms with Gasteiger partial charge in [-0.1, -0.05) is 18.8 Å². The molecule has 0 saturated heterocycles. The molecule has 0 amide bonds. The van der Waals surface area contributed by atoms with Crippen molar-refractivity contribution in [1.82, 2.24) is 5.32 Å². The van der Waals surface area contributed by atoms with Crippen LogP contribution in [-0.4, -0.2) is 32.5 Å². The summed E-state index contributed by atoms with van der Waals surface area (Å²) in [5, 5.41) is 2.62. The molecule has 1 N–H and O–H groups in total. The zero-order valence-corrected chi connectivity index (χ0v) is 10.7. The second-order valence-corrected chi connectivity index (χ2v) is 7.09. The monoisotopic (exact) mass is 243 g/mol. The number of hydrogen-bond donors (Lipinski definition) is 1. The molecule has 0 heterocycles. The van der Waals surface area contributed by atoms with Crippen LogP contribution in [0.4, 0.5) is 0 Å². The van der Waals surface area contributed by atoms with Gasteiger partial charge < -0.3 is 5.32 Å². The maximum atomic E-state index is 12.0. The van der Waals surface area contributed by atoms with Crippen LogP contribution >= 0.6 is 0 Å². The summed E-state index contributed by atoms with van der Waals surface area (Å²) < 4.78 is 24.0. The average Bonchev–Trinajstić information content (AvgIpc) is 2.70. The largest absolute Gasteiger partial charge is 0.305 e. The summed E-state index contributed by atoms with van der Waals surface area (Å²) in [7, 11) is -2.96. The molecule has 1 aliphatic rings. The molecule has 0 aliphatic heterocycles. The highest BCUT2D eigenvalue weighted by molar-refractivity contribution is 7.92. The molecule has 0 aromatic carbocycles. The summed E-state index contributed by atoms with van der Waals surface area (Å²) in [6.45, 7) is 2.65. The smallest absolute Gasteiger partial charge is 0.154 e. The SMILES string of the molecule is C#CCNCC(C)S(=O)(=O)CC1CCCC1. The van der Waals surface area contributed by atoms with Crippen molar-refractivity contribution in [2.24, 2.45) is 5.92 Å². The third kappa shape index (κ3) is 4.15. The van der Waals surface area contributed by atoms with Gasteiger partial charge in [-0.3, -0.25) is 0 Å². The second-order valence-electron chi connectivity index (χ2n) is 4.63. The first-order valence-electron chi connectivity index (χ1n) is 5.92. The molecule has 0 aromatic rings. The Kier molecular flexibility index (Phi) is 5.30. The predicted octanol–water partition coefficient (Wildman–Crippen LogP) is 1.20. The minimum atomic E-state index is -2.96. The van der Waals surface area contributed by atoms with Gasteiger partial charge in [0.1, 0.15) is 0 Å². The first-order valence-corrected chi connectivity index (χ1v) is 7.63. The van der Waals surface area contributed by atoms with E-state index in [1.54, 1.807) is 6.92 Å². The Morgan fingerprint density at radius 2 is 2.06 bits per heavy atom. The van der Waals surface area contributed by atoms with E-state index in [4.69, 9.17) is 6.42 Å². The van der Waals surface area contributed by atoms with Crippen LogP contribution in [0.5, 0.6) is 0 Å². The molecule has 0 spiro atoms. The van der Waals surface area contributed by atoms with E-state index in [2.05, 4.69) is 11.2 Å². The topological polar surface area (TPSA) is 46.2 Å². The van der Waals surface area contributed by atoms with Crippen LogP contribution in [0.3, 0.4) is 0 Å². The van der Waals surface area contributed by atoms with E-state index in [-0.39, 0.29) is 5.25 Å². The fraction of sp³-hybridized carbons (Fsp3) is 0.833. The van der Waals surface area contributed by atoms with E-state index in [1.807, 2.05) is 0 Å². The minimum absolute atomic E-state index is 0.332. The van der Waals surface area contributed by atoms with Crippen molar-refractivity contribution in [2.45, 2.75) is 37.9 Å². The molecule has 1 fully saturated rings. The molecule has 1 aliphatic carbocycles. The number of terminal acetylenes is 1.